The molecule has 0 saturated heterocycles. The zero-order valence-electron chi connectivity index (χ0n) is 40.3. The molecule has 0 spiro atoms. The van der Waals surface area contributed by atoms with Crippen LogP contribution in [0.25, 0.3) is 0 Å². The maximum atomic E-state index is 12.9. The molecule has 64 heavy (non-hydrogen) atoms. The van der Waals surface area contributed by atoms with Crippen LogP contribution >= 0.6 is 7.82 Å². The van der Waals surface area contributed by atoms with Gasteiger partial charge >= 0.3 is 13.8 Å². The summed E-state index contributed by atoms with van der Waals surface area (Å²) in [5.41, 5.74) is 0. The minimum Gasteiger partial charge on any atom is -0.457 e. The van der Waals surface area contributed by atoms with Crippen LogP contribution in [0.3, 0.4) is 0 Å². The van der Waals surface area contributed by atoms with Gasteiger partial charge in [-0.1, -0.05) is 204 Å². The van der Waals surface area contributed by atoms with E-state index in [0.29, 0.717) is 13.0 Å². The molecule has 0 aromatic rings. The second kappa shape index (κ2) is 41.7. The van der Waals surface area contributed by atoms with Crippen LogP contribution in [0.15, 0.2) is 36.5 Å². The van der Waals surface area contributed by atoms with Crippen LogP contribution < -0.4 is 0 Å². The normalized spacial score (nSPS) is 21.9. The fraction of sp³-hybridized carbons (Fsp3) is 0.863. The molecule has 1 rings (SSSR count). The van der Waals surface area contributed by atoms with E-state index in [4.69, 9.17) is 18.5 Å². The van der Waals surface area contributed by atoms with Gasteiger partial charge in [-0.3, -0.25) is 13.8 Å². The standard InChI is InChI=1S/C51H95O12P/c1-3-5-7-9-11-13-15-17-19-21-23-24-26-28-30-32-34-36-38-40-45(52)62-44(43-61-64(58,59)63-51-49(56)47(54)46(53)48(55)50(51)57)42-60-41-39-37-35-33-31-29-27-25-22-20-18-16-14-12-10-8-6-4-2/h6,8,12,14,18,20,44,46-51,53-57H,3-5,7,9-11,13,15-17,19,21-43H2,1-2H3,(H,58,59)/b8-6-,14-12-,20-18-. The van der Waals surface area contributed by atoms with Crippen molar-refractivity contribution in [2.24, 2.45) is 0 Å². The smallest absolute Gasteiger partial charge is 0.457 e. The minimum absolute atomic E-state index is 0.0791. The molecular formula is C51H95O12P. The lowest BCUT2D eigenvalue weighted by Crippen LogP contribution is -2.64. The molecule has 0 bridgehead atoms. The third-order valence-electron chi connectivity index (χ3n) is 12.0. The van der Waals surface area contributed by atoms with Gasteiger partial charge in [-0.15, -0.1) is 0 Å². The first-order valence-corrected chi connectivity index (χ1v) is 27.3. The van der Waals surface area contributed by atoms with Crippen LogP contribution in [0.4, 0.5) is 0 Å². The van der Waals surface area contributed by atoms with Gasteiger partial charge in [0.25, 0.3) is 0 Å². The second-order valence-electron chi connectivity index (χ2n) is 18.0. The van der Waals surface area contributed by atoms with Gasteiger partial charge < -0.3 is 39.9 Å². The lowest BCUT2D eigenvalue weighted by molar-refractivity contribution is -0.220. The van der Waals surface area contributed by atoms with Crippen LogP contribution in [-0.2, 0) is 27.9 Å². The summed E-state index contributed by atoms with van der Waals surface area (Å²) in [5, 5.41) is 50.3. The van der Waals surface area contributed by atoms with Crippen LogP contribution in [-0.4, -0.2) is 98.9 Å². The Morgan fingerprint density at radius 2 is 0.922 bits per heavy atom. The van der Waals surface area contributed by atoms with Crippen molar-refractivity contribution in [2.45, 2.75) is 262 Å². The largest absolute Gasteiger partial charge is 0.472 e. The Morgan fingerprint density at radius 1 is 0.516 bits per heavy atom. The molecule has 1 fully saturated rings. The van der Waals surface area contributed by atoms with Gasteiger partial charge in [0.2, 0.25) is 0 Å². The molecule has 6 unspecified atom stereocenters. The molecule has 0 aromatic heterocycles. The van der Waals surface area contributed by atoms with Gasteiger partial charge in [0.05, 0.1) is 13.2 Å². The zero-order valence-corrected chi connectivity index (χ0v) is 41.2. The number of phosphoric acid groups is 1. The molecule has 1 saturated carbocycles. The predicted octanol–water partition coefficient (Wildman–Crippen LogP) is 11.4. The molecule has 0 radical (unpaired) electrons. The number of carbonyl (C=O) groups is 1. The number of ether oxygens (including phenoxy) is 2. The van der Waals surface area contributed by atoms with E-state index in [1.807, 2.05) is 0 Å². The molecule has 0 amide bonds. The van der Waals surface area contributed by atoms with Crippen molar-refractivity contribution < 1.29 is 58.3 Å². The van der Waals surface area contributed by atoms with Crippen LogP contribution in [0.1, 0.15) is 219 Å². The third kappa shape index (κ3) is 33.1. The number of hydrogen-bond donors (Lipinski definition) is 6. The second-order valence-corrected chi connectivity index (χ2v) is 19.4. The molecule has 12 nitrogen and oxygen atoms in total. The SMILES string of the molecule is CC/C=C\C/C=C\C/C=C\CCCCCCCCCCOCC(COP(=O)(O)OC1C(O)C(O)C(O)C(O)C1O)OC(=O)CCCCCCCCCCCCCCCCCCCCC. The van der Waals surface area contributed by atoms with Crippen LogP contribution in [0.2, 0.25) is 0 Å². The average Bonchev–Trinajstić information content (AvgIpc) is 3.28. The Morgan fingerprint density at radius 3 is 1.41 bits per heavy atom. The molecule has 0 heterocycles. The summed E-state index contributed by atoms with van der Waals surface area (Å²) < 4.78 is 34.3. The van der Waals surface area contributed by atoms with Gasteiger partial charge in [0.15, 0.2) is 0 Å². The summed E-state index contributed by atoms with van der Waals surface area (Å²) in [6, 6.07) is 0. The first-order chi connectivity index (χ1) is 31.0. The maximum Gasteiger partial charge on any atom is 0.472 e. The highest BCUT2D eigenvalue weighted by atomic mass is 31.2. The van der Waals surface area contributed by atoms with E-state index in [9.17, 15) is 39.8 Å². The van der Waals surface area contributed by atoms with Crippen molar-refractivity contribution in [1.82, 2.24) is 0 Å². The van der Waals surface area contributed by atoms with E-state index in [0.717, 1.165) is 70.6 Å². The number of rotatable bonds is 44. The Bertz CT molecular complexity index is 1200. The van der Waals surface area contributed by atoms with E-state index in [2.05, 4.69) is 50.3 Å². The number of esters is 1. The van der Waals surface area contributed by atoms with E-state index in [-0.39, 0.29) is 13.0 Å². The molecule has 13 heteroatoms. The first-order valence-electron chi connectivity index (χ1n) is 25.8. The molecule has 1 aliphatic carbocycles. The summed E-state index contributed by atoms with van der Waals surface area (Å²) >= 11 is 0. The van der Waals surface area contributed by atoms with Gasteiger partial charge in [-0.25, -0.2) is 4.57 Å². The van der Waals surface area contributed by atoms with Crippen molar-refractivity contribution in [2.75, 3.05) is 19.8 Å². The molecule has 6 atom stereocenters. The Balaban J connectivity index is 2.33. The number of aliphatic hydroxyl groups excluding tert-OH is 5. The van der Waals surface area contributed by atoms with Gasteiger partial charge in [-0.2, -0.15) is 0 Å². The lowest BCUT2D eigenvalue weighted by atomic mass is 9.85. The van der Waals surface area contributed by atoms with Gasteiger partial charge in [0.1, 0.15) is 42.7 Å². The van der Waals surface area contributed by atoms with E-state index >= 15 is 0 Å². The molecule has 1 aliphatic rings. The maximum absolute atomic E-state index is 12.9. The fourth-order valence-electron chi connectivity index (χ4n) is 7.96. The van der Waals surface area contributed by atoms with Gasteiger partial charge in [0, 0.05) is 13.0 Å². The molecule has 0 aromatic carbocycles. The number of allylic oxidation sites excluding steroid dienone is 6. The molecule has 376 valence electrons. The van der Waals surface area contributed by atoms with E-state index in [1.54, 1.807) is 0 Å². The quantitative estimate of drug-likeness (QED) is 0.0147. The van der Waals surface area contributed by atoms with Crippen LogP contribution in [0, 0.1) is 0 Å². The highest BCUT2D eigenvalue weighted by molar-refractivity contribution is 7.47. The van der Waals surface area contributed by atoms with Crippen molar-refractivity contribution in [3.63, 3.8) is 0 Å². The number of unbranched alkanes of at least 4 members (excludes halogenated alkanes) is 26. The number of aliphatic hydroxyl groups is 5. The predicted molar refractivity (Wildman–Crippen MR) is 258 cm³/mol. The molecular weight excluding hydrogens is 836 g/mol. The van der Waals surface area contributed by atoms with Crippen molar-refractivity contribution in [3.8, 4) is 0 Å². The third-order valence-corrected chi connectivity index (χ3v) is 13.0. The molecule has 0 aliphatic heterocycles. The van der Waals surface area contributed by atoms with E-state index < -0.39 is 63.1 Å². The Hall–Kier alpha value is -1.44. The summed E-state index contributed by atoms with van der Waals surface area (Å²) in [5.74, 6) is -0.476. The monoisotopic (exact) mass is 931 g/mol. The first kappa shape index (κ1) is 60.6. The minimum atomic E-state index is -5.02. The van der Waals surface area contributed by atoms with Crippen molar-refractivity contribution in [1.29, 1.82) is 0 Å². The lowest BCUT2D eigenvalue weighted by Gasteiger charge is -2.41. The number of phosphoric ester groups is 1. The Kier molecular flexibility index (Phi) is 39.5. The fourth-order valence-corrected chi connectivity index (χ4v) is 8.93. The summed E-state index contributed by atoms with van der Waals surface area (Å²) in [6.45, 7) is 4.17. The summed E-state index contributed by atoms with van der Waals surface area (Å²) in [4.78, 5) is 23.2. The summed E-state index contributed by atoms with van der Waals surface area (Å²) in [6.07, 6.45) is 37.8. The number of hydrogen-bond acceptors (Lipinski definition) is 11. The Labute approximate surface area is 389 Å². The van der Waals surface area contributed by atoms with Crippen LogP contribution in [0.5, 0.6) is 0 Å². The topological polar surface area (TPSA) is 192 Å². The van der Waals surface area contributed by atoms with Crippen molar-refractivity contribution in [3.05, 3.63) is 36.5 Å². The van der Waals surface area contributed by atoms with E-state index in [1.165, 1.54) is 122 Å². The van der Waals surface area contributed by atoms with Gasteiger partial charge in [-0.05, 0) is 44.9 Å². The molecule has 6 N–H and O–H groups in total. The highest BCUT2D eigenvalue weighted by Crippen LogP contribution is 2.47. The summed E-state index contributed by atoms with van der Waals surface area (Å²) in [7, 11) is -5.02. The average molecular weight is 931 g/mol. The zero-order chi connectivity index (χ0) is 46.9. The van der Waals surface area contributed by atoms with Crippen molar-refractivity contribution >= 4 is 13.8 Å². The number of carbonyl (C=O) groups excluding carboxylic acids is 1. The highest BCUT2D eigenvalue weighted by Gasteiger charge is 2.51.